The first kappa shape index (κ1) is 20.6. The molecule has 0 N–H and O–H groups in total. The number of alkyl halides is 3. The molecule has 2 rings (SSSR count). The number of ether oxygens (including phenoxy) is 3. The van der Waals surface area contributed by atoms with Gasteiger partial charge in [-0.05, 0) is 36.4 Å². The van der Waals surface area contributed by atoms with Crippen LogP contribution < -0.4 is 9.47 Å². The molecule has 0 bridgehead atoms. The molecule has 0 amide bonds. The first-order valence-electron chi connectivity index (χ1n) is 7.77. The zero-order valence-corrected chi connectivity index (χ0v) is 15.0. The summed E-state index contributed by atoms with van der Waals surface area (Å²) in [4.78, 5) is 12.3. The third-order valence-electron chi connectivity index (χ3n) is 3.39. The van der Waals surface area contributed by atoms with Gasteiger partial charge in [0.1, 0.15) is 24.0 Å². The summed E-state index contributed by atoms with van der Waals surface area (Å²) in [5.74, 6) is -1.10. The van der Waals surface area contributed by atoms with Crippen LogP contribution in [0.2, 0.25) is 5.02 Å². The summed E-state index contributed by atoms with van der Waals surface area (Å²) in [5, 5.41) is -0.212. The quantitative estimate of drug-likeness (QED) is 0.367. The Labute approximate surface area is 159 Å². The fourth-order valence-electron chi connectivity index (χ4n) is 2.03. The van der Waals surface area contributed by atoms with Crippen molar-refractivity contribution < 1.29 is 32.2 Å². The van der Waals surface area contributed by atoms with Crippen LogP contribution in [-0.2, 0) is 15.7 Å². The number of halogens is 4. The molecule has 27 heavy (non-hydrogen) atoms. The summed E-state index contributed by atoms with van der Waals surface area (Å²) in [6, 6.07) is 11.1. The minimum atomic E-state index is -4.51. The predicted octanol–water partition coefficient (Wildman–Crippen LogP) is 5.12. The van der Waals surface area contributed by atoms with Gasteiger partial charge in [-0.15, -0.1) is 0 Å². The molecule has 0 aromatic heterocycles. The van der Waals surface area contributed by atoms with E-state index in [1.54, 1.807) is 30.3 Å². The minimum absolute atomic E-state index is 0.0213. The van der Waals surface area contributed by atoms with Gasteiger partial charge >= 0.3 is 12.1 Å². The van der Waals surface area contributed by atoms with E-state index in [1.165, 1.54) is 19.4 Å². The molecule has 144 valence electrons. The molecule has 0 saturated carbocycles. The van der Waals surface area contributed by atoms with Crippen molar-refractivity contribution in [3.63, 3.8) is 0 Å². The third-order valence-corrected chi connectivity index (χ3v) is 3.68. The summed E-state index contributed by atoms with van der Waals surface area (Å²) < 4.78 is 53.5. The molecular weight excluding hydrogens is 385 g/mol. The fourth-order valence-corrected chi connectivity index (χ4v) is 2.26. The second-order valence-electron chi connectivity index (χ2n) is 5.36. The lowest BCUT2D eigenvalue weighted by atomic mass is 10.1. The highest BCUT2D eigenvalue weighted by Crippen LogP contribution is 2.34. The van der Waals surface area contributed by atoms with Crippen LogP contribution in [0.4, 0.5) is 13.2 Å². The number of methoxy groups -OCH3 is 1. The fraction of sp³-hybridized carbons (Fsp3) is 0.211. The molecule has 2 aromatic carbocycles. The van der Waals surface area contributed by atoms with Crippen LogP contribution in [0.25, 0.3) is 0 Å². The number of hydrogen-bond acceptors (Lipinski definition) is 4. The maximum Gasteiger partial charge on any atom is 0.416 e. The number of carbonyl (C=O) groups excluding carboxylic acids is 1. The van der Waals surface area contributed by atoms with E-state index in [9.17, 15) is 18.0 Å². The Bertz CT molecular complexity index is 791. The Hall–Kier alpha value is -2.67. The van der Waals surface area contributed by atoms with Crippen molar-refractivity contribution in [1.29, 1.82) is 0 Å². The SMILES string of the molecule is CO/C=C/C(COc1ccc(C(F)(F)F)cc1Cl)C(=O)Oc1ccccc1. The molecule has 0 aliphatic carbocycles. The molecule has 0 heterocycles. The number of rotatable bonds is 7. The molecule has 0 saturated heterocycles. The van der Waals surface area contributed by atoms with Gasteiger partial charge in [0.05, 0.1) is 24.0 Å². The lowest BCUT2D eigenvalue weighted by Gasteiger charge is -2.15. The summed E-state index contributed by atoms with van der Waals surface area (Å²) in [6.45, 7) is -0.198. The molecule has 0 aliphatic rings. The van der Waals surface area contributed by atoms with Crippen molar-refractivity contribution in [1.82, 2.24) is 0 Å². The van der Waals surface area contributed by atoms with Gasteiger partial charge in [0.2, 0.25) is 0 Å². The molecule has 1 atom stereocenters. The topological polar surface area (TPSA) is 44.8 Å². The smallest absolute Gasteiger partial charge is 0.416 e. The van der Waals surface area contributed by atoms with Gasteiger partial charge in [-0.25, -0.2) is 0 Å². The van der Waals surface area contributed by atoms with Crippen LogP contribution in [0.1, 0.15) is 5.56 Å². The van der Waals surface area contributed by atoms with E-state index in [-0.39, 0.29) is 17.4 Å². The maximum atomic E-state index is 12.7. The largest absolute Gasteiger partial charge is 0.505 e. The zero-order valence-electron chi connectivity index (χ0n) is 14.2. The molecular formula is C19H16ClF3O4. The molecule has 2 aromatic rings. The van der Waals surface area contributed by atoms with Gasteiger partial charge < -0.3 is 14.2 Å². The van der Waals surface area contributed by atoms with E-state index in [4.69, 9.17) is 25.8 Å². The van der Waals surface area contributed by atoms with E-state index in [0.717, 1.165) is 18.2 Å². The van der Waals surface area contributed by atoms with Crippen molar-refractivity contribution in [3.05, 3.63) is 71.5 Å². The number of hydrogen-bond donors (Lipinski definition) is 0. The maximum absolute atomic E-state index is 12.7. The van der Waals surface area contributed by atoms with Crippen molar-refractivity contribution in [2.45, 2.75) is 6.18 Å². The summed E-state index contributed by atoms with van der Waals surface area (Å²) in [7, 11) is 1.41. The average molecular weight is 401 g/mol. The number of esters is 1. The Morgan fingerprint density at radius 3 is 2.48 bits per heavy atom. The molecule has 8 heteroatoms. The standard InChI is InChI=1S/C19H16ClF3O4/c1-25-10-9-13(18(24)27-15-5-3-2-4-6-15)12-26-17-8-7-14(11-16(17)20)19(21,22)23/h2-11,13H,12H2,1H3/b10-9+. The summed E-state index contributed by atoms with van der Waals surface area (Å²) >= 11 is 5.85. The first-order chi connectivity index (χ1) is 12.8. The molecule has 1 unspecified atom stereocenters. The van der Waals surface area contributed by atoms with E-state index >= 15 is 0 Å². The Balaban J connectivity index is 2.08. The number of para-hydroxylation sites is 1. The van der Waals surface area contributed by atoms with Crippen LogP contribution in [0.5, 0.6) is 11.5 Å². The average Bonchev–Trinajstić information content (AvgIpc) is 2.62. The lowest BCUT2D eigenvalue weighted by Crippen LogP contribution is -2.25. The van der Waals surface area contributed by atoms with E-state index in [0.29, 0.717) is 5.75 Å². The molecule has 0 radical (unpaired) electrons. The first-order valence-corrected chi connectivity index (χ1v) is 8.15. The lowest BCUT2D eigenvalue weighted by molar-refractivity contribution is -0.138. The van der Waals surface area contributed by atoms with Gasteiger partial charge in [-0.2, -0.15) is 13.2 Å². The van der Waals surface area contributed by atoms with Crippen LogP contribution in [0.3, 0.4) is 0 Å². The Morgan fingerprint density at radius 2 is 1.89 bits per heavy atom. The number of benzene rings is 2. The van der Waals surface area contributed by atoms with Crippen LogP contribution in [0, 0.1) is 5.92 Å². The van der Waals surface area contributed by atoms with E-state index < -0.39 is 23.6 Å². The number of carbonyl (C=O) groups is 1. The summed E-state index contributed by atoms with van der Waals surface area (Å²) in [5.41, 5.74) is -0.890. The van der Waals surface area contributed by atoms with E-state index in [1.807, 2.05) is 0 Å². The Morgan fingerprint density at radius 1 is 1.19 bits per heavy atom. The monoisotopic (exact) mass is 400 g/mol. The second-order valence-corrected chi connectivity index (χ2v) is 5.77. The summed E-state index contributed by atoms with van der Waals surface area (Å²) in [6.07, 6.45) is -1.80. The van der Waals surface area contributed by atoms with Gasteiger partial charge in [0.25, 0.3) is 0 Å². The molecule has 0 aliphatic heterocycles. The van der Waals surface area contributed by atoms with Gasteiger partial charge in [-0.3, -0.25) is 4.79 Å². The van der Waals surface area contributed by atoms with Crippen LogP contribution in [-0.4, -0.2) is 19.7 Å². The predicted molar refractivity (Wildman–Crippen MR) is 93.7 cm³/mol. The minimum Gasteiger partial charge on any atom is -0.505 e. The second kappa shape index (κ2) is 9.32. The van der Waals surface area contributed by atoms with Crippen molar-refractivity contribution in [2.24, 2.45) is 5.92 Å². The van der Waals surface area contributed by atoms with Crippen LogP contribution >= 0.6 is 11.6 Å². The van der Waals surface area contributed by atoms with Crippen molar-refractivity contribution >= 4 is 17.6 Å². The van der Waals surface area contributed by atoms with Gasteiger partial charge in [0.15, 0.2) is 0 Å². The van der Waals surface area contributed by atoms with Crippen LogP contribution in [0.15, 0.2) is 60.9 Å². The highest BCUT2D eigenvalue weighted by atomic mass is 35.5. The van der Waals surface area contributed by atoms with E-state index in [2.05, 4.69) is 0 Å². The third kappa shape index (κ3) is 6.21. The highest BCUT2D eigenvalue weighted by Gasteiger charge is 2.31. The molecule has 0 fully saturated rings. The molecule has 4 nitrogen and oxygen atoms in total. The Kier molecular flexibility index (Phi) is 7.12. The van der Waals surface area contributed by atoms with Gasteiger partial charge in [-0.1, -0.05) is 29.8 Å². The van der Waals surface area contributed by atoms with Gasteiger partial charge in [0, 0.05) is 0 Å². The zero-order chi connectivity index (χ0) is 19.9. The molecule has 0 spiro atoms. The highest BCUT2D eigenvalue weighted by molar-refractivity contribution is 6.32. The van der Waals surface area contributed by atoms with Crippen molar-refractivity contribution in [2.75, 3.05) is 13.7 Å². The normalized spacial score (nSPS) is 12.6. The van der Waals surface area contributed by atoms with Crippen molar-refractivity contribution in [3.8, 4) is 11.5 Å².